The summed E-state index contributed by atoms with van der Waals surface area (Å²) in [7, 11) is 0. The van der Waals surface area contributed by atoms with E-state index in [1.54, 1.807) is 12.1 Å². The van der Waals surface area contributed by atoms with Crippen LogP contribution in [-0.4, -0.2) is 12.1 Å². The maximum Gasteiger partial charge on any atom is 0.124 e. The minimum Gasteiger partial charge on any atom is -0.490 e. The molecule has 0 heterocycles. The highest BCUT2D eigenvalue weighted by atomic mass is 19.1. The van der Waals surface area contributed by atoms with Crippen LogP contribution in [0.3, 0.4) is 0 Å². The normalized spacial score (nSPS) is 16.6. The van der Waals surface area contributed by atoms with Crippen LogP contribution in [0, 0.1) is 5.82 Å². The number of halogens is 1. The lowest BCUT2D eigenvalue weighted by molar-refractivity contribution is 0.207. The second-order valence-corrected chi connectivity index (χ2v) is 5.12. The summed E-state index contributed by atoms with van der Waals surface area (Å²) in [6.07, 6.45) is 4.76. The van der Waals surface area contributed by atoms with Gasteiger partial charge in [-0.3, -0.25) is 0 Å². The Bertz CT molecular complexity index is 390. The van der Waals surface area contributed by atoms with E-state index >= 15 is 0 Å². The summed E-state index contributed by atoms with van der Waals surface area (Å²) in [6, 6.07) is 5.40. The fraction of sp³-hybridized carbons (Fsp3) is 0.600. The SMILES string of the molecule is CCCC(C)Oc1ccc(F)cc1CNC1CC1. The summed E-state index contributed by atoms with van der Waals surface area (Å²) in [6.45, 7) is 4.89. The van der Waals surface area contributed by atoms with Gasteiger partial charge in [-0.1, -0.05) is 13.3 Å². The number of hydrogen-bond acceptors (Lipinski definition) is 2. The summed E-state index contributed by atoms with van der Waals surface area (Å²) in [4.78, 5) is 0. The van der Waals surface area contributed by atoms with Gasteiger partial charge >= 0.3 is 0 Å². The summed E-state index contributed by atoms with van der Waals surface area (Å²) in [5, 5.41) is 3.40. The zero-order valence-electron chi connectivity index (χ0n) is 11.2. The Morgan fingerprint density at radius 1 is 1.44 bits per heavy atom. The van der Waals surface area contributed by atoms with Gasteiger partial charge in [-0.25, -0.2) is 4.39 Å². The Labute approximate surface area is 109 Å². The second kappa shape index (κ2) is 6.19. The molecule has 0 bridgehead atoms. The third-order valence-corrected chi connectivity index (χ3v) is 3.20. The van der Waals surface area contributed by atoms with E-state index in [1.165, 1.54) is 18.9 Å². The van der Waals surface area contributed by atoms with Crippen molar-refractivity contribution in [2.24, 2.45) is 0 Å². The van der Waals surface area contributed by atoms with Crippen LogP contribution in [0.4, 0.5) is 4.39 Å². The summed E-state index contributed by atoms with van der Waals surface area (Å²) < 4.78 is 19.2. The molecule has 0 spiro atoms. The lowest BCUT2D eigenvalue weighted by atomic mass is 10.1. The van der Waals surface area contributed by atoms with Crippen LogP contribution in [0.5, 0.6) is 5.75 Å². The molecule has 0 radical (unpaired) electrons. The van der Waals surface area contributed by atoms with Gasteiger partial charge in [0.1, 0.15) is 11.6 Å². The van der Waals surface area contributed by atoms with Crippen molar-refractivity contribution in [1.82, 2.24) is 5.32 Å². The van der Waals surface area contributed by atoms with E-state index in [1.807, 2.05) is 0 Å². The van der Waals surface area contributed by atoms with E-state index in [9.17, 15) is 4.39 Å². The molecule has 1 aliphatic rings. The van der Waals surface area contributed by atoms with Crippen molar-refractivity contribution in [2.45, 2.75) is 58.2 Å². The molecule has 1 saturated carbocycles. The molecule has 0 amide bonds. The van der Waals surface area contributed by atoms with Gasteiger partial charge in [0, 0.05) is 18.2 Å². The lowest BCUT2D eigenvalue weighted by Crippen LogP contribution is -2.18. The van der Waals surface area contributed by atoms with Crippen molar-refractivity contribution in [3.8, 4) is 5.75 Å². The minimum absolute atomic E-state index is 0.181. The van der Waals surface area contributed by atoms with Crippen LogP contribution >= 0.6 is 0 Å². The number of ether oxygens (including phenoxy) is 1. The maximum absolute atomic E-state index is 13.3. The molecule has 1 atom stereocenters. The second-order valence-electron chi connectivity index (χ2n) is 5.12. The van der Waals surface area contributed by atoms with Crippen LogP contribution in [0.25, 0.3) is 0 Å². The largest absolute Gasteiger partial charge is 0.490 e. The third-order valence-electron chi connectivity index (χ3n) is 3.20. The number of nitrogens with one attached hydrogen (secondary N) is 1. The highest BCUT2D eigenvalue weighted by Gasteiger charge is 2.21. The summed E-state index contributed by atoms with van der Waals surface area (Å²) in [5.41, 5.74) is 0.921. The molecule has 1 N–H and O–H groups in total. The van der Waals surface area contributed by atoms with Crippen LogP contribution in [0.15, 0.2) is 18.2 Å². The average molecular weight is 251 g/mol. The molecule has 0 aliphatic heterocycles. The topological polar surface area (TPSA) is 21.3 Å². The Hall–Kier alpha value is -1.09. The monoisotopic (exact) mass is 251 g/mol. The van der Waals surface area contributed by atoms with Crippen LogP contribution in [0.1, 0.15) is 45.1 Å². The standard InChI is InChI=1S/C15H22FNO/c1-3-4-11(2)18-15-8-5-13(16)9-12(15)10-17-14-6-7-14/h5,8-9,11,14,17H,3-4,6-7,10H2,1-2H3. The molecule has 1 fully saturated rings. The first-order valence-corrected chi connectivity index (χ1v) is 6.87. The van der Waals surface area contributed by atoms with Crippen molar-refractivity contribution >= 4 is 0 Å². The van der Waals surface area contributed by atoms with Gasteiger partial charge in [-0.15, -0.1) is 0 Å². The number of rotatable bonds is 7. The van der Waals surface area contributed by atoms with Gasteiger partial charge in [0.15, 0.2) is 0 Å². The van der Waals surface area contributed by atoms with Crippen LogP contribution < -0.4 is 10.1 Å². The highest BCUT2D eigenvalue weighted by Crippen LogP contribution is 2.24. The first kappa shape index (κ1) is 13.3. The van der Waals surface area contributed by atoms with Crippen molar-refractivity contribution in [3.05, 3.63) is 29.6 Å². The van der Waals surface area contributed by atoms with Gasteiger partial charge in [0.25, 0.3) is 0 Å². The van der Waals surface area contributed by atoms with E-state index in [4.69, 9.17) is 4.74 Å². The molecule has 2 rings (SSSR count). The highest BCUT2D eigenvalue weighted by molar-refractivity contribution is 5.34. The average Bonchev–Trinajstić information content (AvgIpc) is 3.14. The molecule has 0 saturated heterocycles. The molecular formula is C15H22FNO. The first-order valence-electron chi connectivity index (χ1n) is 6.87. The van der Waals surface area contributed by atoms with Crippen molar-refractivity contribution in [2.75, 3.05) is 0 Å². The molecule has 18 heavy (non-hydrogen) atoms. The number of hydrogen-bond donors (Lipinski definition) is 1. The smallest absolute Gasteiger partial charge is 0.124 e. The van der Waals surface area contributed by atoms with Gasteiger partial charge in [-0.05, 0) is 44.4 Å². The molecule has 0 aromatic heterocycles. The minimum atomic E-state index is -0.196. The third kappa shape index (κ3) is 3.98. The Balaban J connectivity index is 2.01. The predicted molar refractivity (Wildman–Crippen MR) is 71.3 cm³/mol. The van der Waals surface area contributed by atoms with Crippen molar-refractivity contribution in [3.63, 3.8) is 0 Å². The summed E-state index contributed by atoms with van der Waals surface area (Å²) in [5.74, 6) is 0.614. The fourth-order valence-corrected chi connectivity index (χ4v) is 2.03. The quantitative estimate of drug-likeness (QED) is 0.798. The van der Waals surface area contributed by atoms with Gasteiger partial charge in [-0.2, -0.15) is 0 Å². The predicted octanol–water partition coefficient (Wildman–Crippen LogP) is 3.65. The molecule has 1 aromatic rings. The molecule has 1 aromatic carbocycles. The molecule has 3 heteroatoms. The molecule has 100 valence electrons. The van der Waals surface area contributed by atoms with Gasteiger partial charge in [0.05, 0.1) is 6.10 Å². The summed E-state index contributed by atoms with van der Waals surface area (Å²) >= 11 is 0. The molecule has 1 unspecified atom stereocenters. The van der Waals surface area contributed by atoms with Crippen molar-refractivity contribution < 1.29 is 9.13 Å². The Kier molecular flexibility index (Phi) is 4.59. The van der Waals surface area contributed by atoms with Gasteiger partial charge < -0.3 is 10.1 Å². The van der Waals surface area contributed by atoms with E-state index in [2.05, 4.69) is 19.2 Å². The van der Waals surface area contributed by atoms with Gasteiger partial charge in [0.2, 0.25) is 0 Å². The van der Waals surface area contributed by atoms with E-state index < -0.39 is 0 Å². The zero-order chi connectivity index (χ0) is 13.0. The maximum atomic E-state index is 13.3. The molecular weight excluding hydrogens is 229 g/mol. The van der Waals surface area contributed by atoms with Crippen LogP contribution in [-0.2, 0) is 6.54 Å². The molecule has 2 nitrogen and oxygen atoms in total. The Morgan fingerprint density at radius 3 is 2.89 bits per heavy atom. The molecule has 1 aliphatic carbocycles. The van der Waals surface area contributed by atoms with E-state index in [-0.39, 0.29) is 11.9 Å². The van der Waals surface area contributed by atoms with E-state index in [0.29, 0.717) is 12.6 Å². The Morgan fingerprint density at radius 2 is 2.22 bits per heavy atom. The zero-order valence-corrected chi connectivity index (χ0v) is 11.2. The van der Waals surface area contributed by atoms with Crippen molar-refractivity contribution in [1.29, 1.82) is 0 Å². The fourth-order valence-electron chi connectivity index (χ4n) is 2.03. The van der Waals surface area contributed by atoms with E-state index in [0.717, 1.165) is 24.2 Å². The number of benzene rings is 1. The van der Waals surface area contributed by atoms with Crippen LogP contribution in [0.2, 0.25) is 0 Å². The lowest BCUT2D eigenvalue weighted by Gasteiger charge is -2.17. The first-order chi connectivity index (χ1) is 8.69.